The predicted molar refractivity (Wildman–Crippen MR) is 89.5 cm³/mol. The van der Waals surface area contributed by atoms with Gasteiger partial charge in [-0.3, -0.25) is 14.9 Å². The van der Waals surface area contributed by atoms with Gasteiger partial charge in [0.25, 0.3) is 11.6 Å². The monoisotopic (exact) mass is 363 g/mol. The fourth-order valence-electron chi connectivity index (χ4n) is 1.96. The van der Waals surface area contributed by atoms with Crippen molar-refractivity contribution in [3.8, 4) is 0 Å². The fraction of sp³-hybridized carbons (Fsp3) is 0.133. The zero-order valence-corrected chi connectivity index (χ0v) is 13.6. The highest BCUT2D eigenvalue weighted by Crippen LogP contribution is 2.26. The minimum atomic E-state index is -0.530. The number of benzene rings is 2. The predicted octanol–water partition coefficient (Wildman–Crippen LogP) is 3.96. The summed E-state index contributed by atoms with van der Waals surface area (Å²) < 4.78 is 0.747. The maximum atomic E-state index is 12.4. The van der Waals surface area contributed by atoms with E-state index in [1.807, 2.05) is 19.1 Å². The molecule has 6 nitrogen and oxygen atoms in total. The van der Waals surface area contributed by atoms with Crippen molar-refractivity contribution in [3.05, 3.63) is 62.1 Å². The summed E-state index contributed by atoms with van der Waals surface area (Å²) in [6, 6.07) is 9.63. The Morgan fingerprint density at radius 2 is 1.86 bits per heavy atom. The van der Waals surface area contributed by atoms with Crippen LogP contribution < -0.4 is 10.6 Å². The first-order chi connectivity index (χ1) is 10.4. The van der Waals surface area contributed by atoms with Gasteiger partial charge in [-0.15, -0.1) is 0 Å². The van der Waals surface area contributed by atoms with Gasteiger partial charge in [0.1, 0.15) is 0 Å². The second-order valence-electron chi connectivity index (χ2n) is 4.67. The number of aryl methyl sites for hydroxylation is 1. The Kier molecular flexibility index (Phi) is 4.77. The number of hydrogen-bond donors (Lipinski definition) is 2. The first kappa shape index (κ1) is 16.0. The first-order valence-corrected chi connectivity index (χ1v) is 7.25. The van der Waals surface area contributed by atoms with E-state index in [4.69, 9.17) is 0 Å². The van der Waals surface area contributed by atoms with Crippen molar-refractivity contribution in [1.29, 1.82) is 0 Å². The number of nitro groups is 1. The van der Waals surface area contributed by atoms with Gasteiger partial charge in [0, 0.05) is 29.3 Å². The summed E-state index contributed by atoms with van der Waals surface area (Å²) in [6.45, 7) is 1.94. The molecule has 0 unspecified atom stereocenters. The molecule has 0 aromatic heterocycles. The van der Waals surface area contributed by atoms with Gasteiger partial charge < -0.3 is 10.6 Å². The van der Waals surface area contributed by atoms with E-state index in [1.54, 1.807) is 13.1 Å². The highest BCUT2D eigenvalue weighted by Gasteiger charge is 2.17. The molecule has 0 aliphatic carbocycles. The topological polar surface area (TPSA) is 84.3 Å². The SMILES string of the molecule is CNc1ccc([N+](=O)[O-])cc1C(=O)Nc1ccc(C)cc1Br. The van der Waals surface area contributed by atoms with Crippen LogP contribution in [-0.4, -0.2) is 17.9 Å². The number of nitrogens with zero attached hydrogens (tertiary/aromatic N) is 1. The summed E-state index contributed by atoms with van der Waals surface area (Å²) in [5, 5.41) is 16.5. The minimum absolute atomic E-state index is 0.132. The number of nitrogens with one attached hydrogen (secondary N) is 2. The van der Waals surface area contributed by atoms with Gasteiger partial charge in [-0.2, -0.15) is 0 Å². The van der Waals surface area contributed by atoms with E-state index in [9.17, 15) is 14.9 Å². The van der Waals surface area contributed by atoms with Gasteiger partial charge in [0.2, 0.25) is 0 Å². The maximum Gasteiger partial charge on any atom is 0.270 e. The zero-order valence-electron chi connectivity index (χ0n) is 12.0. The lowest BCUT2D eigenvalue weighted by Gasteiger charge is -2.11. The molecule has 0 spiro atoms. The minimum Gasteiger partial charge on any atom is -0.387 e. The lowest BCUT2D eigenvalue weighted by molar-refractivity contribution is -0.384. The van der Waals surface area contributed by atoms with E-state index >= 15 is 0 Å². The molecular formula is C15H14BrN3O3. The Labute approximate surface area is 135 Å². The van der Waals surface area contributed by atoms with Gasteiger partial charge in [-0.1, -0.05) is 6.07 Å². The Morgan fingerprint density at radius 3 is 2.45 bits per heavy atom. The van der Waals surface area contributed by atoms with Crippen LogP contribution in [0.5, 0.6) is 0 Å². The summed E-state index contributed by atoms with van der Waals surface area (Å²) >= 11 is 3.38. The molecule has 2 N–H and O–H groups in total. The second-order valence-corrected chi connectivity index (χ2v) is 5.53. The van der Waals surface area contributed by atoms with E-state index in [0.29, 0.717) is 11.4 Å². The van der Waals surface area contributed by atoms with E-state index in [0.717, 1.165) is 10.0 Å². The average molecular weight is 364 g/mol. The highest BCUT2D eigenvalue weighted by molar-refractivity contribution is 9.10. The normalized spacial score (nSPS) is 10.1. The Hall–Kier alpha value is -2.41. The number of amides is 1. The summed E-state index contributed by atoms with van der Waals surface area (Å²) in [6.07, 6.45) is 0. The molecule has 114 valence electrons. The molecule has 0 heterocycles. The second kappa shape index (κ2) is 6.57. The van der Waals surface area contributed by atoms with Crippen molar-refractivity contribution in [3.63, 3.8) is 0 Å². The number of hydrogen-bond acceptors (Lipinski definition) is 4. The molecule has 22 heavy (non-hydrogen) atoms. The van der Waals surface area contributed by atoms with Crippen LogP contribution in [0, 0.1) is 17.0 Å². The van der Waals surface area contributed by atoms with Crippen LogP contribution in [0.15, 0.2) is 40.9 Å². The molecule has 0 fully saturated rings. The maximum absolute atomic E-state index is 12.4. The number of anilines is 2. The van der Waals surface area contributed by atoms with Crippen molar-refractivity contribution < 1.29 is 9.72 Å². The average Bonchev–Trinajstić information content (AvgIpc) is 2.49. The molecule has 2 aromatic rings. The summed E-state index contributed by atoms with van der Waals surface area (Å²) in [4.78, 5) is 22.8. The first-order valence-electron chi connectivity index (χ1n) is 6.46. The Bertz CT molecular complexity index is 747. The lowest BCUT2D eigenvalue weighted by Crippen LogP contribution is -2.14. The van der Waals surface area contributed by atoms with Crippen molar-refractivity contribution in [2.24, 2.45) is 0 Å². The van der Waals surface area contributed by atoms with E-state index < -0.39 is 10.8 Å². The number of rotatable bonds is 4. The van der Waals surface area contributed by atoms with E-state index in [-0.39, 0.29) is 11.3 Å². The molecular weight excluding hydrogens is 350 g/mol. The van der Waals surface area contributed by atoms with Crippen LogP contribution in [0.3, 0.4) is 0 Å². The van der Waals surface area contributed by atoms with Gasteiger partial charge in [0.05, 0.1) is 16.2 Å². The van der Waals surface area contributed by atoms with Crippen molar-refractivity contribution in [2.75, 3.05) is 17.7 Å². The summed E-state index contributed by atoms with van der Waals surface area (Å²) in [5.74, 6) is -0.419. The lowest BCUT2D eigenvalue weighted by atomic mass is 10.1. The van der Waals surface area contributed by atoms with Crippen LogP contribution in [0.2, 0.25) is 0 Å². The van der Waals surface area contributed by atoms with Gasteiger partial charge in [0.15, 0.2) is 0 Å². The van der Waals surface area contributed by atoms with Crippen LogP contribution >= 0.6 is 15.9 Å². The third-order valence-electron chi connectivity index (χ3n) is 3.10. The van der Waals surface area contributed by atoms with Crippen LogP contribution in [0.4, 0.5) is 17.1 Å². The molecule has 7 heteroatoms. The molecule has 2 aromatic carbocycles. The van der Waals surface area contributed by atoms with Crippen LogP contribution in [-0.2, 0) is 0 Å². The third-order valence-corrected chi connectivity index (χ3v) is 3.76. The smallest absolute Gasteiger partial charge is 0.270 e. The molecule has 2 rings (SSSR count). The van der Waals surface area contributed by atoms with Crippen LogP contribution in [0.1, 0.15) is 15.9 Å². The highest BCUT2D eigenvalue weighted by atomic mass is 79.9. The number of non-ortho nitro benzene ring substituents is 1. The molecule has 0 saturated carbocycles. The molecule has 0 bridgehead atoms. The number of nitro benzene ring substituents is 1. The molecule has 0 saturated heterocycles. The fourth-order valence-corrected chi connectivity index (χ4v) is 2.56. The van der Waals surface area contributed by atoms with Gasteiger partial charge >= 0.3 is 0 Å². The summed E-state index contributed by atoms with van der Waals surface area (Å²) in [7, 11) is 1.65. The number of carbonyl (C=O) groups excluding carboxylic acids is 1. The van der Waals surface area contributed by atoms with E-state index in [1.165, 1.54) is 18.2 Å². The molecule has 0 atom stereocenters. The quantitative estimate of drug-likeness (QED) is 0.635. The molecule has 0 aliphatic rings. The van der Waals surface area contributed by atoms with Crippen molar-refractivity contribution in [2.45, 2.75) is 6.92 Å². The number of halogens is 1. The summed E-state index contributed by atoms with van der Waals surface area (Å²) in [5.41, 5.74) is 2.25. The molecule has 0 aliphatic heterocycles. The van der Waals surface area contributed by atoms with Crippen molar-refractivity contribution >= 4 is 38.9 Å². The molecule has 0 radical (unpaired) electrons. The van der Waals surface area contributed by atoms with Gasteiger partial charge in [-0.05, 0) is 46.6 Å². The van der Waals surface area contributed by atoms with E-state index in [2.05, 4.69) is 26.6 Å². The molecule has 1 amide bonds. The van der Waals surface area contributed by atoms with Crippen LogP contribution in [0.25, 0.3) is 0 Å². The Balaban J connectivity index is 2.35. The Morgan fingerprint density at radius 1 is 1.18 bits per heavy atom. The van der Waals surface area contributed by atoms with Gasteiger partial charge in [-0.25, -0.2) is 0 Å². The zero-order chi connectivity index (χ0) is 16.3. The standard InChI is InChI=1S/C15H14BrN3O3/c1-9-3-5-14(12(16)7-9)18-15(20)11-8-10(19(21)22)4-6-13(11)17-2/h3-8,17H,1-2H3,(H,18,20). The number of carbonyl (C=O) groups is 1. The third kappa shape index (κ3) is 3.43. The largest absolute Gasteiger partial charge is 0.387 e. The van der Waals surface area contributed by atoms with Crippen molar-refractivity contribution in [1.82, 2.24) is 0 Å².